The van der Waals surface area contributed by atoms with Gasteiger partial charge in [-0.2, -0.15) is 0 Å². The Hall–Kier alpha value is -0.590. The number of carbonyl (C=O) groups is 1. The van der Waals surface area contributed by atoms with Crippen LogP contribution in [0.25, 0.3) is 0 Å². The summed E-state index contributed by atoms with van der Waals surface area (Å²) in [5, 5.41) is 0. The minimum absolute atomic E-state index is 0.0666. The summed E-state index contributed by atoms with van der Waals surface area (Å²) in [5.74, 6) is 0. The number of rotatable bonds is 1. The summed E-state index contributed by atoms with van der Waals surface area (Å²) in [6, 6.07) is 0. The van der Waals surface area contributed by atoms with E-state index in [4.69, 9.17) is 0 Å². The first-order valence-corrected chi connectivity index (χ1v) is 5.48. The van der Waals surface area contributed by atoms with Crippen LogP contribution < -0.4 is 0 Å². The highest BCUT2D eigenvalue weighted by atomic mass is 16.1. The van der Waals surface area contributed by atoms with Crippen molar-refractivity contribution in [2.45, 2.75) is 53.9 Å². The van der Waals surface area contributed by atoms with Crippen LogP contribution in [0, 0.1) is 10.8 Å². The van der Waals surface area contributed by atoms with Crippen molar-refractivity contribution in [3.63, 3.8) is 0 Å². The molecule has 1 nitrogen and oxygen atoms in total. The first-order valence-electron chi connectivity index (χ1n) is 5.48. The van der Waals surface area contributed by atoms with E-state index in [1.807, 2.05) is 0 Å². The fourth-order valence-corrected chi connectivity index (χ4v) is 2.46. The van der Waals surface area contributed by atoms with Crippen LogP contribution in [0.2, 0.25) is 0 Å². The van der Waals surface area contributed by atoms with E-state index in [-0.39, 0.29) is 10.8 Å². The third-order valence-electron chi connectivity index (χ3n) is 4.06. The summed E-state index contributed by atoms with van der Waals surface area (Å²) in [6.45, 7) is 11.0. The maximum atomic E-state index is 11.2. The summed E-state index contributed by atoms with van der Waals surface area (Å²) < 4.78 is 0. The van der Waals surface area contributed by atoms with Gasteiger partial charge >= 0.3 is 0 Å². The summed E-state index contributed by atoms with van der Waals surface area (Å²) in [5.41, 5.74) is 2.59. The fourth-order valence-electron chi connectivity index (χ4n) is 2.46. The molecule has 0 heterocycles. The van der Waals surface area contributed by atoms with Crippen LogP contribution in [-0.4, -0.2) is 6.29 Å². The van der Waals surface area contributed by atoms with Gasteiger partial charge in [-0.1, -0.05) is 33.3 Å². The number of hydrogen-bond acceptors (Lipinski definition) is 1. The molecular formula is C13H22O. The molecule has 0 fully saturated rings. The Labute approximate surface area is 87.6 Å². The van der Waals surface area contributed by atoms with E-state index in [0.717, 1.165) is 24.7 Å². The Morgan fingerprint density at radius 3 is 2.29 bits per heavy atom. The van der Waals surface area contributed by atoms with Gasteiger partial charge in [0, 0.05) is 5.41 Å². The van der Waals surface area contributed by atoms with E-state index in [1.165, 1.54) is 12.0 Å². The third-order valence-corrected chi connectivity index (χ3v) is 4.06. The minimum Gasteiger partial charge on any atom is -0.298 e. The van der Waals surface area contributed by atoms with Crippen molar-refractivity contribution in [3.8, 4) is 0 Å². The Kier molecular flexibility index (Phi) is 2.89. The topological polar surface area (TPSA) is 17.1 Å². The molecule has 14 heavy (non-hydrogen) atoms. The Morgan fingerprint density at radius 2 is 1.93 bits per heavy atom. The molecule has 0 saturated heterocycles. The number of hydrogen-bond donors (Lipinski definition) is 0. The van der Waals surface area contributed by atoms with E-state index in [2.05, 4.69) is 34.6 Å². The Balaban J connectivity index is 3.21. The standard InChI is InChI=1S/C13H22O/c1-10-7-6-8-13(5,11(10)9-14)12(2,3)4/h9H,6-8H2,1-5H3. The zero-order valence-corrected chi connectivity index (χ0v) is 10.1. The van der Waals surface area contributed by atoms with Crippen LogP contribution in [0.15, 0.2) is 11.1 Å². The predicted octanol–water partition coefficient (Wildman–Crippen LogP) is 3.74. The van der Waals surface area contributed by atoms with Crippen LogP contribution in [0.4, 0.5) is 0 Å². The van der Waals surface area contributed by atoms with Crippen molar-refractivity contribution in [3.05, 3.63) is 11.1 Å². The molecular weight excluding hydrogens is 172 g/mol. The van der Waals surface area contributed by atoms with Crippen molar-refractivity contribution in [1.29, 1.82) is 0 Å². The van der Waals surface area contributed by atoms with Gasteiger partial charge in [-0.25, -0.2) is 0 Å². The highest BCUT2D eigenvalue weighted by Gasteiger charge is 2.42. The molecule has 0 aromatic carbocycles. The van der Waals surface area contributed by atoms with E-state index < -0.39 is 0 Å². The van der Waals surface area contributed by atoms with E-state index in [1.54, 1.807) is 0 Å². The van der Waals surface area contributed by atoms with E-state index in [9.17, 15) is 4.79 Å². The Morgan fingerprint density at radius 1 is 1.36 bits per heavy atom. The Bertz CT molecular complexity index is 267. The average Bonchev–Trinajstić information content (AvgIpc) is 2.02. The van der Waals surface area contributed by atoms with Gasteiger partial charge in [0.15, 0.2) is 0 Å². The number of aldehydes is 1. The van der Waals surface area contributed by atoms with Gasteiger partial charge < -0.3 is 0 Å². The molecule has 0 spiro atoms. The van der Waals surface area contributed by atoms with Crippen LogP contribution in [-0.2, 0) is 4.79 Å². The molecule has 0 radical (unpaired) electrons. The molecule has 1 aliphatic rings. The molecule has 1 atom stereocenters. The number of allylic oxidation sites excluding steroid dienone is 2. The molecule has 1 aliphatic carbocycles. The first-order chi connectivity index (χ1) is 6.33. The van der Waals surface area contributed by atoms with E-state index >= 15 is 0 Å². The normalized spacial score (nSPS) is 29.2. The maximum absolute atomic E-state index is 11.2. The second-order valence-electron chi connectivity index (χ2n) is 5.75. The van der Waals surface area contributed by atoms with Crippen LogP contribution in [0.1, 0.15) is 53.9 Å². The van der Waals surface area contributed by atoms with Crippen molar-refractivity contribution < 1.29 is 4.79 Å². The lowest BCUT2D eigenvalue weighted by molar-refractivity contribution is -0.106. The second kappa shape index (κ2) is 3.52. The van der Waals surface area contributed by atoms with Crippen molar-refractivity contribution >= 4 is 6.29 Å². The molecule has 1 unspecified atom stereocenters. The third kappa shape index (κ3) is 1.65. The van der Waals surface area contributed by atoms with Gasteiger partial charge in [0.25, 0.3) is 0 Å². The molecule has 1 heteroatoms. The smallest absolute Gasteiger partial charge is 0.146 e. The molecule has 0 N–H and O–H groups in total. The zero-order chi connectivity index (χ0) is 11.0. The quantitative estimate of drug-likeness (QED) is 0.581. The van der Waals surface area contributed by atoms with Crippen molar-refractivity contribution in [2.24, 2.45) is 10.8 Å². The highest BCUT2D eigenvalue weighted by Crippen LogP contribution is 2.51. The fraction of sp³-hybridized carbons (Fsp3) is 0.769. The summed E-state index contributed by atoms with van der Waals surface area (Å²) in [4.78, 5) is 11.2. The van der Waals surface area contributed by atoms with Gasteiger partial charge in [0.2, 0.25) is 0 Å². The number of carbonyl (C=O) groups excluding carboxylic acids is 1. The van der Waals surface area contributed by atoms with E-state index in [0.29, 0.717) is 0 Å². The van der Waals surface area contributed by atoms with Crippen molar-refractivity contribution in [2.75, 3.05) is 0 Å². The largest absolute Gasteiger partial charge is 0.298 e. The monoisotopic (exact) mass is 194 g/mol. The van der Waals surface area contributed by atoms with Crippen LogP contribution in [0.5, 0.6) is 0 Å². The van der Waals surface area contributed by atoms with Gasteiger partial charge in [0.1, 0.15) is 6.29 Å². The molecule has 0 aliphatic heterocycles. The molecule has 0 amide bonds. The second-order valence-corrected chi connectivity index (χ2v) is 5.75. The van der Waals surface area contributed by atoms with Gasteiger partial charge in [-0.3, -0.25) is 4.79 Å². The van der Waals surface area contributed by atoms with Gasteiger partial charge in [-0.15, -0.1) is 0 Å². The summed E-state index contributed by atoms with van der Waals surface area (Å²) in [7, 11) is 0. The van der Waals surface area contributed by atoms with Gasteiger partial charge in [0.05, 0.1) is 0 Å². The zero-order valence-electron chi connectivity index (χ0n) is 10.1. The van der Waals surface area contributed by atoms with Crippen LogP contribution in [0.3, 0.4) is 0 Å². The van der Waals surface area contributed by atoms with Gasteiger partial charge in [-0.05, 0) is 37.2 Å². The minimum atomic E-state index is 0.0666. The SMILES string of the molecule is CC1=C(C=O)C(C)(C(C)(C)C)CCC1. The molecule has 0 saturated carbocycles. The molecule has 0 aromatic rings. The maximum Gasteiger partial charge on any atom is 0.146 e. The lowest BCUT2D eigenvalue weighted by atomic mass is 9.58. The average molecular weight is 194 g/mol. The summed E-state index contributed by atoms with van der Waals surface area (Å²) >= 11 is 0. The molecule has 0 aromatic heterocycles. The lowest BCUT2D eigenvalue weighted by Gasteiger charge is -2.45. The lowest BCUT2D eigenvalue weighted by Crippen LogP contribution is -2.37. The first kappa shape index (κ1) is 11.5. The summed E-state index contributed by atoms with van der Waals surface area (Å²) in [6.07, 6.45) is 4.54. The highest BCUT2D eigenvalue weighted by molar-refractivity contribution is 5.77. The molecule has 80 valence electrons. The predicted molar refractivity (Wildman–Crippen MR) is 60.2 cm³/mol. The van der Waals surface area contributed by atoms with Crippen LogP contribution >= 0.6 is 0 Å². The van der Waals surface area contributed by atoms with Crippen molar-refractivity contribution in [1.82, 2.24) is 0 Å². The molecule has 0 bridgehead atoms. The molecule has 1 rings (SSSR count).